The van der Waals surface area contributed by atoms with E-state index in [2.05, 4.69) is 204 Å². The number of rotatable bonds is 6. The fourth-order valence-corrected chi connectivity index (χ4v) is 9.15. The first-order valence-corrected chi connectivity index (χ1v) is 20.9. The molecule has 0 aliphatic rings. The number of nitrogens with zero attached hydrogens (tertiary/aromatic N) is 4. The Labute approximate surface area is 358 Å². The van der Waals surface area contributed by atoms with Crippen LogP contribution in [0, 0.1) is 0 Å². The molecule has 0 aliphatic carbocycles. The van der Waals surface area contributed by atoms with Crippen LogP contribution < -0.4 is 0 Å². The van der Waals surface area contributed by atoms with E-state index in [1.54, 1.807) is 0 Å². The minimum absolute atomic E-state index is 0.671. The second-order valence-corrected chi connectivity index (χ2v) is 15.8. The van der Waals surface area contributed by atoms with Gasteiger partial charge >= 0.3 is 0 Å². The molecule has 0 amide bonds. The molecule has 0 aliphatic heterocycles. The molecule has 288 valence electrons. The highest BCUT2D eigenvalue weighted by molar-refractivity contribution is 6.23. The molecule has 3 heterocycles. The molecule has 4 nitrogen and oxygen atoms in total. The average Bonchev–Trinajstić information content (AvgIpc) is 3.35. The number of benzene rings is 9. The predicted molar refractivity (Wildman–Crippen MR) is 258 cm³/mol. The van der Waals surface area contributed by atoms with Crippen LogP contribution in [0.25, 0.3) is 121 Å². The van der Waals surface area contributed by atoms with E-state index in [0.29, 0.717) is 5.82 Å². The minimum Gasteiger partial charge on any atom is -0.256 e. The van der Waals surface area contributed by atoms with Crippen LogP contribution in [-0.2, 0) is 0 Å². The van der Waals surface area contributed by atoms with E-state index in [1.165, 1.54) is 32.7 Å². The molecule has 0 bridgehead atoms. The van der Waals surface area contributed by atoms with Crippen LogP contribution in [0.1, 0.15) is 0 Å². The maximum Gasteiger partial charge on any atom is 0.160 e. The standard InChI is InChI=1S/C58H36N4/c1-2-14-46-39(10-1)11-7-19-47(46)56-48-15-3-5-17-50(48)57(51-18-6-4-16-49(51)56)55-36-54(40-24-20-37(21-25-40)42-28-30-52-44(34-42)12-8-32-59-52)61-58(62-55)41-26-22-38(23-27-41)43-29-31-53-45(35-43)13-9-33-60-53/h1-36H. The van der Waals surface area contributed by atoms with E-state index in [1.807, 2.05) is 24.5 Å². The fourth-order valence-electron chi connectivity index (χ4n) is 9.15. The summed E-state index contributed by atoms with van der Waals surface area (Å²) in [5, 5.41) is 9.35. The van der Waals surface area contributed by atoms with Crippen molar-refractivity contribution in [3.05, 3.63) is 219 Å². The topological polar surface area (TPSA) is 51.6 Å². The molecule has 4 heteroatoms. The maximum atomic E-state index is 5.46. The monoisotopic (exact) mass is 788 g/mol. The summed E-state index contributed by atoms with van der Waals surface area (Å²) in [5.74, 6) is 0.671. The Morgan fingerprint density at radius 3 is 1.32 bits per heavy atom. The number of hydrogen-bond donors (Lipinski definition) is 0. The van der Waals surface area contributed by atoms with Gasteiger partial charge < -0.3 is 0 Å². The van der Waals surface area contributed by atoms with Crippen molar-refractivity contribution in [1.82, 2.24) is 19.9 Å². The van der Waals surface area contributed by atoms with Crippen LogP contribution in [0.3, 0.4) is 0 Å². The highest BCUT2D eigenvalue weighted by atomic mass is 14.9. The average molecular weight is 789 g/mol. The first kappa shape index (κ1) is 35.6. The van der Waals surface area contributed by atoms with Gasteiger partial charge in [0, 0.05) is 39.9 Å². The minimum atomic E-state index is 0.671. The lowest BCUT2D eigenvalue weighted by atomic mass is 9.85. The zero-order valence-corrected chi connectivity index (χ0v) is 33.6. The van der Waals surface area contributed by atoms with Crippen molar-refractivity contribution >= 4 is 54.1 Å². The first-order valence-electron chi connectivity index (χ1n) is 20.9. The van der Waals surface area contributed by atoms with Gasteiger partial charge in [-0.3, -0.25) is 9.97 Å². The van der Waals surface area contributed by atoms with Crippen LogP contribution in [0.5, 0.6) is 0 Å². The molecule has 0 radical (unpaired) electrons. The zero-order chi connectivity index (χ0) is 41.0. The summed E-state index contributed by atoms with van der Waals surface area (Å²) in [5.41, 5.74) is 13.7. The molecular weight excluding hydrogens is 753 g/mol. The Bertz CT molecular complexity index is 3480. The third-order valence-corrected chi connectivity index (χ3v) is 12.2. The van der Waals surface area contributed by atoms with E-state index in [9.17, 15) is 0 Å². The summed E-state index contributed by atoms with van der Waals surface area (Å²) >= 11 is 0. The van der Waals surface area contributed by atoms with Crippen LogP contribution in [0.2, 0.25) is 0 Å². The summed E-state index contributed by atoms with van der Waals surface area (Å²) in [4.78, 5) is 19.8. The van der Waals surface area contributed by atoms with E-state index < -0.39 is 0 Å². The fraction of sp³-hybridized carbons (Fsp3) is 0. The largest absolute Gasteiger partial charge is 0.256 e. The highest BCUT2D eigenvalue weighted by Gasteiger charge is 2.20. The van der Waals surface area contributed by atoms with Gasteiger partial charge in [0.05, 0.1) is 22.4 Å². The Hall–Kier alpha value is -8.34. The smallest absolute Gasteiger partial charge is 0.160 e. The second-order valence-electron chi connectivity index (χ2n) is 15.8. The molecule has 0 saturated carbocycles. The third-order valence-electron chi connectivity index (χ3n) is 12.2. The van der Waals surface area contributed by atoms with Crippen molar-refractivity contribution in [3.63, 3.8) is 0 Å². The maximum absolute atomic E-state index is 5.46. The summed E-state index contributed by atoms with van der Waals surface area (Å²) in [6.45, 7) is 0. The Kier molecular flexibility index (Phi) is 8.46. The summed E-state index contributed by atoms with van der Waals surface area (Å²) < 4.78 is 0. The van der Waals surface area contributed by atoms with Gasteiger partial charge in [-0.05, 0) is 108 Å². The van der Waals surface area contributed by atoms with Gasteiger partial charge in [-0.1, -0.05) is 164 Å². The molecule has 3 aromatic heterocycles. The van der Waals surface area contributed by atoms with Crippen molar-refractivity contribution in [2.45, 2.75) is 0 Å². The van der Waals surface area contributed by atoms with Crippen molar-refractivity contribution in [2.24, 2.45) is 0 Å². The molecular formula is C58H36N4. The molecule has 9 aromatic carbocycles. The van der Waals surface area contributed by atoms with Gasteiger partial charge in [0.1, 0.15) is 0 Å². The molecule has 12 aromatic rings. The van der Waals surface area contributed by atoms with Gasteiger partial charge in [0.15, 0.2) is 5.82 Å². The number of pyridine rings is 2. The lowest BCUT2D eigenvalue weighted by Gasteiger charge is -2.19. The Balaban J connectivity index is 1.05. The molecule has 0 N–H and O–H groups in total. The molecule has 0 spiro atoms. The van der Waals surface area contributed by atoms with Crippen LogP contribution >= 0.6 is 0 Å². The molecule has 0 atom stereocenters. The van der Waals surface area contributed by atoms with Gasteiger partial charge in [-0.2, -0.15) is 0 Å². The van der Waals surface area contributed by atoms with Gasteiger partial charge in [0.2, 0.25) is 0 Å². The summed E-state index contributed by atoms with van der Waals surface area (Å²) in [6.07, 6.45) is 3.67. The lowest BCUT2D eigenvalue weighted by Crippen LogP contribution is -1.98. The van der Waals surface area contributed by atoms with Gasteiger partial charge in [-0.15, -0.1) is 0 Å². The summed E-state index contributed by atoms with van der Waals surface area (Å²) in [7, 11) is 0. The normalized spacial score (nSPS) is 11.5. The van der Waals surface area contributed by atoms with E-state index >= 15 is 0 Å². The van der Waals surface area contributed by atoms with E-state index in [4.69, 9.17) is 9.97 Å². The van der Waals surface area contributed by atoms with Crippen LogP contribution in [0.15, 0.2) is 219 Å². The number of hydrogen-bond acceptors (Lipinski definition) is 4. The Morgan fingerprint density at radius 2 is 0.726 bits per heavy atom. The molecule has 0 saturated heterocycles. The third kappa shape index (κ3) is 6.16. The highest BCUT2D eigenvalue weighted by Crippen LogP contribution is 2.45. The molecule has 62 heavy (non-hydrogen) atoms. The van der Waals surface area contributed by atoms with E-state index in [-0.39, 0.29) is 0 Å². The van der Waals surface area contributed by atoms with Gasteiger partial charge in [-0.25, -0.2) is 9.97 Å². The lowest BCUT2D eigenvalue weighted by molar-refractivity contribution is 1.19. The van der Waals surface area contributed by atoms with E-state index in [0.717, 1.165) is 82.9 Å². The van der Waals surface area contributed by atoms with Crippen LogP contribution in [-0.4, -0.2) is 19.9 Å². The van der Waals surface area contributed by atoms with Crippen molar-refractivity contribution < 1.29 is 0 Å². The molecule has 0 fully saturated rings. The van der Waals surface area contributed by atoms with Crippen molar-refractivity contribution in [3.8, 4) is 67.3 Å². The predicted octanol–water partition coefficient (Wildman–Crippen LogP) is 15.0. The van der Waals surface area contributed by atoms with Gasteiger partial charge in [0.25, 0.3) is 0 Å². The quantitative estimate of drug-likeness (QED) is 0.158. The summed E-state index contributed by atoms with van der Waals surface area (Å²) in [6, 6.07) is 73.4. The van der Waals surface area contributed by atoms with Crippen LogP contribution in [0.4, 0.5) is 0 Å². The number of fused-ring (bicyclic) bond motifs is 5. The van der Waals surface area contributed by atoms with Crippen molar-refractivity contribution in [2.75, 3.05) is 0 Å². The molecule has 12 rings (SSSR count). The Morgan fingerprint density at radius 1 is 0.274 bits per heavy atom. The second kappa shape index (κ2) is 14.7. The first-order chi connectivity index (χ1) is 30.7. The van der Waals surface area contributed by atoms with Crippen molar-refractivity contribution in [1.29, 1.82) is 0 Å². The zero-order valence-electron chi connectivity index (χ0n) is 33.6. The molecule has 0 unspecified atom stereocenters. The SMILES string of the molecule is c1cnc2ccc(-c3ccc(-c4cc(-c5c6ccccc6c(-c6cccc7ccccc67)c6ccccc56)nc(-c5ccc(-c6ccc7ncccc7c6)cc5)n4)cc3)cc2c1. The number of aromatic nitrogens is 4.